The lowest BCUT2D eigenvalue weighted by atomic mass is 10.00. The first-order valence-corrected chi connectivity index (χ1v) is 5.89. The number of nitriles is 1. The lowest BCUT2D eigenvalue weighted by Crippen LogP contribution is -2.20. The Kier molecular flexibility index (Phi) is 5.35. The Bertz CT molecular complexity index is 520. The quantitative estimate of drug-likeness (QED) is 0.533. The van der Waals surface area contributed by atoms with Crippen LogP contribution in [0.4, 0.5) is 5.82 Å². The number of aromatic nitrogens is 1. The summed E-state index contributed by atoms with van der Waals surface area (Å²) in [7, 11) is 0. The molecule has 3 N–H and O–H groups in total. The van der Waals surface area contributed by atoms with Crippen LogP contribution < -0.4 is 10.9 Å². The number of nitrogens with one attached hydrogen (secondary N) is 2. The van der Waals surface area contributed by atoms with Gasteiger partial charge >= 0.3 is 5.97 Å². The summed E-state index contributed by atoms with van der Waals surface area (Å²) in [4.78, 5) is 15.0. The highest BCUT2D eigenvalue weighted by Crippen LogP contribution is 2.13. The molecule has 1 aromatic heterocycles. The van der Waals surface area contributed by atoms with Crippen LogP contribution in [-0.4, -0.2) is 16.1 Å². The number of nitrogens with zero attached hydrogens (tertiary/aromatic N) is 2. The van der Waals surface area contributed by atoms with Crippen LogP contribution in [0.2, 0.25) is 0 Å². The van der Waals surface area contributed by atoms with Crippen molar-refractivity contribution in [1.29, 1.82) is 5.26 Å². The van der Waals surface area contributed by atoms with Gasteiger partial charge in [0.25, 0.3) is 0 Å². The lowest BCUT2D eigenvalue weighted by Gasteiger charge is -2.11. The van der Waals surface area contributed by atoms with Crippen LogP contribution in [0.1, 0.15) is 25.8 Å². The largest absolute Gasteiger partial charge is 0.478 e. The lowest BCUT2D eigenvalue weighted by molar-refractivity contribution is -0.133. The highest BCUT2D eigenvalue weighted by atomic mass is 16.4. The molecule has 1 unspecified atom stereocenters. The highest BCUT2D eigenvalue weighted by Gasteiger charge is 2.13. The van der Waals surface area contributed by atoms with E-state index in [9.17, 15) is 4.79 Å². The number of pyridine rings is 1. The van der Waals surface area contributed by atoms with E-state index in [1.807, 2.05) is 19.9 Å². The van der Waals surface area contributed by atoms with Gasteiger partial charge in [-0.25, -0.2) is 9.78 Å². The summed E-state index contributed by atoms with van der Waals surface area (Å²) >= 11 is 0. The minimum atomic E-state index is -0.956. The molecular formula is C13H16N4O2. The first kappa shape index (κ1) is 14.5. The van der Waals surface area contributed by atoms with Crippen LogP contribution in [0.3, 0.4) is 0 Å². The fourth-order valence-corrected chi connectivity index (χ4v) is 1.39. The van der Waals surface area contributed by atoms with E-state index in [0.717, 1.165) is 6.42 Å². The van der Waals surface area contributed by atoms with Gasteiger partial charge in [0, 0.05) is 12.4 Å². The van der Waals surface area contributed by atoms with Crippen molar-refractivity contribution in [3.05, 3.63) is 35.7 Å². The number of carboxylic acids is 1. The van der Waals surface area contributed by atoms with Crippen molar-refractivity contribution in [3.8, 4) is 6.07 Å². The average Bonchev–Trinajstić information content (AvgIpc) is 2.42. The molecule has 0 spiro atoms. The fourth-order valence-electron chi connectivity index (χ4n) is 1.39. The molecule has 0 bridgehead atoms. The molecule has 0 saturated carbocycles. The van der Waals surface area contributed by atoms with Gasteiger partial charge in [0.2, 0.25) is 0 Å². The van der Waals surface area contributed by atoms with Crippen molar-refractivity contribution in [1.82, 2.24) is 10.4 Å². The molecule has 0 fully saturated rings. The van der Waals surface area contributed by atoms with Gasteiger partial charge in [-0.2, -0.15) is 5.26 Å². The second kappa shape index (κ2) is 7.01. The van der Waals surface area contributed by atoms with Gasteiger partial charge in [-0.1, -0.05) is 13.8 Å². The van der Waals surface area contributed by atoms with Gasteiger partial charge in [0.1, 0.15) is 5.82 Å². The topological polar surface area (TPSA) is 98.0 Å². The summed E-state index contributed by atoms with van der Waals surface area (Å²) in [5.41, 5.74) is 6.18. The van der Waals surface area contributed by atoms with E-state index in [-0.39, 0.29) is 11.5 Å². The summed E-state index contributed by atoms with van der Waals surface area (Å²) in [6.45, 7) is 3.77. The second-order valence-electron chi connectivity index (χ2n) is 4.03. The smallest absolute Gasteiger partial charge is 0.333 e. The minimum absolute atomic E-state index is 0.0507. The van der Waals surface area contributed by atoms with E-state index in [1.54, 1.807) is 12.1 Å². The van der Waals surface area contributed by atoms with E-state index < -0.39 is 5.97 Å². The Morgan fingerprint density at radius 2 is 2.42 bits per heavy atom. The molecule has 6 heteroatoms. The van der Waals surface area contributed by atoms with Gasteiger partial charge in [0.05, 0.1) is 17.2 Å². The predicted octanol–water partition coefficient (Wildman–Crippen LogP) is 1.88. The van der Waals surface area contributed by atoms with Crippen molar-refractivity contribution < 1.29 is 9.90 Å². The van der Waals surface area contributed by atoms with Crippen LogP contribution in [0.25, 0.3) is 0 Å². The molecule has 0 aliphatic rings. The van der Waals surface area contributed by atoms with Crippen molar-refractivity contribution in [2.75, 3.05) is 5.43 Å². The number of carboxylic acid groups (broad SMARTS) is 1. The maximum Gasteiger partial charge on any atom is 0.333 e. The molecule has 100 valence electrons. The van der Waals surface area contributed by atoms with Crippen LogP contribution >= 0.6 is 0 Å². The number of carbonyl (C=O) groups is 1. The molecule has 6 nitrogen and oxygen atoms in total. The third-order valence-electron chi connectivity index (χ3n) is 2.71. The van der Waals surface area contributed by atoms with Gasteiger partial charge in [-0.05, 0) is 24.5 Å². The van der Waals surface area contributed by atoms with Crippen LogP contribution in [0, 0.1) is 17.2 Å². The molecule has 0 radical (unpaired) electrons. The molecule has 19 heavy (non-hydrogen) atoms. The normalized spacial score (nSPS) is 12.4. The molecule has 0 amide bonds. The summed E-state index contributed by atoms with van der Waals surface area (Å²) in [6, 6.07) is 5.14. The van der Waals surface area contributed by atoms with E-state index in [2.05, 4.69) is 15.8 Å². The zero-order chi connectivity index (χ0) is 14.3. The molecule has 0 aromatic carbocycles. The predicted molar refractivity (Wildman–Crippen MR) is 70.9 cm³/mol. The van der Waals surface area contributed by atoms with Gasteiger partial charge < -0.3 is 10.5 Å². The second-order valence-corrected chi connectivity index (χ2v) is 4.03. The van der Waals surface area contributed by atoms with Crippen molar-refractivity contribution >= 4 is 11.8 Å². The zero-order valence-corrected chi connectivity index (χ0v) is 10.8. The average molecular weight is 260 g/mol. The van der Waals surface area contributed by atoms with Gasteiger partial charge in [-0.15, -0.1) is 0 Å². The monoisotopic (exact) mass is 260 g/mol. The van der Waals surface area contributed by atoms with E-state index in [4.69, 9.17) is 10.4 Å². The Morgan fingerprint density at radius 3 is 3.00 bits per heavy atom. The molecular weight excluding hydrogens is 244 g/mol. The van der Waals surface area contributed by atoms with Gasteiger partial charge in [0.15, 0.2) is 0 Å². The minimum Gasteiger partial charge on any atom is -0.478 e. The summed E-state index contributed by atoms with van der Waals surface area (Å²) in [5, 5.41) is 17.8. The van der Waals surface area contributed by atoms with Crippen molar-refractivity contribution in [2.45, 2.75) is 20.3 Å². The Labute approximate surface area is 111 Å². The third-order valence-corrected chi connectivity index (χ3v) is 2.71. The SMILES string of the molecule is CCC(C)C(=CNNc1cc(C#N)ccn1)C(=O)O. The molecule has 1 aromatic rings. The Morgan fingerprint density at radius 1 is 1.68 bits per heavy atom. The maximum atomic E-state index is 11.0. The Balaban J connectivity index is 2.69. The molecule has 1 atom stereocenters. The summed E-state index contributed by atoms with van der Waals surface area (Å²) in [5.74, 6) is -0.559. The first-order chi connectivity index (χ1) is 9.08. The first-order valence-electron chi connectivity index (χ1n) is 5.89. The molecule has 1 heterocycles. The molecule has 1 rings (SSSR count). The summed E-state index contributed by atoms with van der Waals surface area (Å²) in [6.07, 6.45) is 3.64. The number of hydrogen-bond acceptors (Lipinski definition) is 5. The standard InChI is InChI=1S/C13H16N4O2/c1-3-9(2)11(13(18)19)8-16-17-12-6-10(7-14)4-5-15-12/h4-6,8-9,16H,3H2,1-2H3,(H,15,17)(H,18,19). The molecule has 0 saturated heterocycles. The maximum absolute atomic E-state index is 11.0. The zero-order valence-electron chi connectivity index (χ0n) is 10.8. The number of aliphatic carboxylic acids is 1. The van der Waals surface area contributed by atoms with Crippen LogP contribution in [0.15, 0.2) is 30.1 Å². The molecule has 0 aliphatic heterocycles. The number of hydrazine groups is 1. The van der Waals surface area contributed by atoms with E-state index >= 15 is 0 Å². The van der Waals surface area contributed by atoms with Gasteiger partial charge in [-0.3, -0.25) is 5.43 Å². The molecule has 0 aliphatic carbocycles. The fraction of sp³-hybridized carbons (Fsp3) is 0.308. The van der Waals surface area contributed by atoms with E-state index in [1.165, 1.54) is 12.4 Å². The van der Waals surface area contributed by atoms with Crippen molar-refractivity contribution in [3.63, 3.8) is 0 Å². The van der Waals surface area contributed by atoms with E-state index in [0.29, 0.717) is 11.4 Å². The van der Waals surface area contributed by atoms with Crippen LogP contribution in [-0.2, 0) is 4.79 Å². The number of hydrogen-bond donors (Lipinski definition) is 3. The van der Waals surface area contributed by atoms with Crippen molar-refractivity contribution in [2.24, 2.45) is 5.92 Å². The number of rotatable bonds is 6. The number of anilines is 1. The Hall–Kier alpha value is -2.55. The summed E-state index contributed by atoms with van der Waals surface area (Å²) < 4.78 is 0. The van der Waals surface area contributed by atoms with Crippen LogP contribution in [0.5, 0.6) is 0 Å². The highest BCUT2D eigenvalue weighted by molar-refractivity contribution is 5.86. The third kappa shape index (κ3) is 4.32.